The van der Waals surface area contributed by atoms with E-state index in [4.69, 9.17) is 4.74 Å². The van der Waals surface area contributed by atoms with Crippen LogP contribution in [0.1, 0.15) is 52.9 Å². The van der Waals surface area contributed by atoms with Crippen LogP contribution in [0, 0.1) is 0 Å². The minimum Gasteiger partial charge on any atom is -0.444 e. The Hall–Kier alpha value is -0.420. The summed E-state index contributed by atoms with van der Waals surface area (Å²) in [5, 5.41) is 3.49. The third kappa shape index (κ3) is 7.96. The van der Waals surface area contributed by atoms with Crippen LogP contribution in [0.4, 0.5) is 4.79 Å². The Morgan fingerprint density at radius 2 is 2.10 bits per heavy atom. The van der Waals surface area contributed by atoms with E-state index in [2.05, 4.69) is 11.6 Å². The van der Waals surface area contributed by atoms with Gasteiger partial charge in [0.25, 0.3) is 0 Å². The van der Waals surface area contributed by atoms with E-state index in [1.54, 1.807) is 0 Å². The van der Waals surface area contributed by atoms with Crippen LogP contribution < -0.4 is 5.32 Å². The van der Waals surface area contributed by atoms with Crippen molar-refractivity contribution in [2.75, 3.05) is 31.6 Å². The third-order valence-corrected chi connectivity index (χ3v) is 4.31. The fraction of sp³-hybridized carbons (Fsp3) is 0.938. The van der Waals surface area contributed by atoms with Crippen LogP contribution in [0.25, 0.3) is 0 Å². The second-order valence-corrected chi connectivity index (χ2v) is 7.69. The van der Waals surface area contributed by atoms with Crippen LogP contribution in [0.2, 0.25) is 0 Å². The first-order valence-corrected chi connectivity index (χ1v) is 9.52. The number of unbranched alkanes of at least 4 members (excludes halogenated alkanes) is 1. The van der Waals surface area contributed by atoms with Gasteiger partial charge in [-0.3, -0.25) is 0 Å². The highest BCUT2D eigenvalue weighted by Crippen LogP contribution is 2.22. The van der Waals surface area contributed by atoms with Crippen molar-refractivity contribution < 1.29 is 9.53 Å². The van der Waals surface area contributed by atoms with Crippen LogP contribution in [0.3, 0.4) is 0 Å². The number of carbonyl (C=O) groups is 1. The molecule has 124 valence electrons. The normalized spacial score (nSPS) is 19.0. The van der Waals surface area contributed by atoms with Crippen molar-refractivity contribution in [1.82, 2.24) is 10.2 Å². The molecule has 21 heavy (non-hydrogen) atoms. The second-order valence-electron chi connectivity index (χ2n) is 6.71. The van der Waals surface area contributed by atoms with E-state index in [1.165, 1.54) is 18.6 Å². The molecule has 0 radical (unpaired) electrons. The molecule has 0 aromatic heterocycles. The van der Waals surface area contributed by atoms with Gasteiger partial charge in [-0.1, -0.05) is 0 Å². The molecule has 0 aromatic carbocycles. The summed E-state index contributed by atoms with van der Waals surface area (Å²) >= 11 is 1.91. The average molecular weight is 317 g/mol. The zero-order valence-corrected chi connectivity index (χ0v) is 14.9. The molecule has 1 fully saturated rings. The Bertz CT molecular complexity index is 305. The van der Waals surface area contributed by atoms with Gasteiger partial charge in [0.2, 0.25) is 0 Å². The smallest absolute Gasteiger partial charge is 0.410 e. The monoisotopic (exact) mass is 316 g/mol. The Morgan fingerprint density at radius 3 is 2.76 bits per heavy atom. The van der Waals surface area contributed by atoms with Crippen molar-refractivity contribution >= 4 is 17.9 Å². The Kier molecular flexibility index (Phi) is 8.49. The summed E-state index contributed by atoms with van der Waals surface area (Å²) in [6, 6.07) is 0.346. The molecule has 1 atom stereocenters. The lowest BCUT2D eigenvalue weighted by Crippen LogP contribution is -2.40. The molecule has 1 N–H and O–H groups in total. The number of rotatable bonds is 8. The van der Waals surface area contributed by atoms with Gasteiger partial charge in [0.1, 0.15) is 5.60 Å². The van der Waals surface area contributed by atoms with Crippen LogP contribution in [-0.4, -0.2) is 54.3 Å². The number of hydrogen-bond donors (Lipinski definition) is 1. The van der Waals surface area contributed by atoms with Crippen LogP contribution in [-0.2, 0) is 4.74 Å². The van der Waals surface area contributed by atoms with Gasteiger partial charge >= 0.3 is 6.09 Å². The fourth-order valence-corrected chi connectivity index (χ4v) is 3.08. The molecule has 1 aliphatic heterocycles. The molecule has 1 unspecified atom stereocenters. The summed E-state index contributed by atoms with van der Waals surface area (Å²) in [5.41, 5.74) is -0.403. The molecule has 0 bridgehead atoms. The minimum absolute atomic E-state index is 0.148. The zero-order valence-electron chi connectivity index (χ0n) is 14.1. The predicted molar refractivity (Wildman–Crippen MR) is 91.1 cm³/mol. The van der Waals surface area contributed by atoms with Gasteiger partial charge in [-0.2, -0.15) is 11.8 Å². The van der Waals surface area contributed by atoms with E-state index in [-0.39, 0.29) is 6.09 Å². The van der Waals surface area contributed by atoms with Crippen molar-refractivity contribution in [3.8, 4) is 0 Å². The predicted octanol–water partition coefficient (Wildman–Crippen LogP) is 3.51. The molecule has 1 amide bonds. The van der Waals surface area contributed by atoms with Gasteiger partial charge in [-0.05, 0) is 78.0 Å². The Morgan fingerprint density at radius 1 is 1.33 bits per heavy atom. The van der Waals surface area contributed by atoms with Gasteiger partial charge < -0.3 is 15.0 Å². The molecule has 0 aromatic rings. The average Bonchev–Trinajstić information content (AvgIpc) is 2.84. The summed E-state index contributed by atoms with van der Waals surface area (Å²) in [6.45, 7) is 8.68. The van der Waals surface area contributed by atoms with E-state index < -0.39 is 5.60 Å². The number of amides is 1. The van der Waals surface area contributed by atoms with E-state index in [9.17, 15) is 4.79 Å². The molecule has 1 saturated heterocycles. The first-order valence-electron chi connectivity index (χ1n) is 8.13. The highest BCUT2D eigenvalue weighted by molar-refractivity contribution is 7.98. The van der Waals surface area contributed by atoms with Gasteiger partial charge in [0, 0.05) is 12.6 Å². The zero-order chi connectivity index (χ0) is 15.7. The SMILES string of the molecule is CSCCCCNCCC1CCCN1C(=O)OC(C)(C)C. The summed E-state index contributed by atoms with van der Waals surface area (Å²) in [6.07, 6.45) is 7.75. The summed E-state index contributed by atoms with van der Waals surface area (Å²) in [4.78, 5) is 14.1. The first-order chi connectivity index (χ1) is 9.94. The molecule has 1 heterocycles. The number of nitrogens with one attached hydrogen (secondary N) is 1. The fourth-order valence-electron chi connectivity index (χ4n) is 2.59. The van der Waals surface area contributed by atoms with Crippen LogP contribution in [0.15, 0.2) is 0 Å². The molecule has 5 heteroatoms. The Labute approximate surface area is 134 Å². The standard InChI is InChI=1S/C16H32N2O2S/c1-16(2,3)20-15(19)18-12-7-8-14(18)9-11-17-10-5-6-13-21-4/h14,17H,5-13H2,1-4H3. The van der Waals surface area contributed by atoms with E-state index >= 15 is 0 Å². The maximum atomic E-state index is 12.2. The summed E-state index contributed by atoms with van der Waals surface area (Å²) in [5.74, 6) is 1.25. The van der Waals surface area contributed by atoms with Crippen molar-refractivity contribution in [3.63, 3.8) is 0 Å². The van der Waals surface area contributed by atoms with Crippen molar-refractivity contribution in [2.45, 2.75) is 64.5 Å². The number of nitrogens with zero attached hydrogens (tertiary/aromatic N) is 1. The number of ether oxygens (including phenoxy) is 1. The van der Waals surface area contributed by atoms with Gasteiger partial charge in [0.05, 0.1) is 0 Å². The van der Waals surface area contributed by atoms with E-state index in [0.717, 1.165) is 38.9 Å². The van der Waals surface area contributed by atoms with Crippen LogP contribution >= 0.6 is 11.8 Å². The highest BCUT2D eigenvalue weighted by atomic mass is 32.2. The molecular weight excluding hydrogens is 284 g/mol. The van der Waals surface area contributed by atoms with Crippen LogP contribution in [0.5, 0.6) is 0 Å². The van der Waals surface area contributed by atoms with E-state index in [0.29, 0.717) is 6.04 Å². The topological polar surface area (TPSA) is 41.6 Å². The number of carbonyl (C=O) groups excluding carboxylic acids is 1. The van der Waals surface area contributed by atoms with Crippen molar-refractivity contribution in [3.05, 3.63) is 0 Å². The molecule has 0 spiro atoms. The van der Waals surface area contributed by atoms with E-state index in [1.807, 2.05) is 37.4 Å². The molecular formula is C16H32N2O2S. The lowest BCUT2D eigenvalue weighted by Gasteiger charge is -2.28. The molecule has 4 nitrogen and oxygen atoms in total. The maximum Gasteiger partial charge on any atom is 0.410 e. The second kappa shape index (κ2) is 9.57. The largest absolute Gasteiger partial charge is 0.444 e. The third-order valence-electron chi connectivity index (χ3n) is 3.61. The molecule has 1 rings (SSSR count). The number of thioether (sulfide) groups is 1. The van der Waals surface area contributed by atoms with Gasteiger partial charge in [0.15, 0.2) is 0 Å². The molecule has 0 aliphatic carbocycles. The van der Waals surface area contributed by atoms with Crippen molar-refractivity contribution in [2.24, 2.45) is 0 Å². The number of likely N-dealkylation sites (tertiary alicyclic amines) is 1. The minimum atomic E-state index is -0.403. The highest BCUT2D eigenvalue weighted by Gasteiger charge is 2.31. The Balaban J connectivity index is 2.20. The first kappa shape index (κ1) is 18.6. The van der Waals surface area contributed by atoms with Gasteiger partial charge in [-0.15, -0.1) is 0 Å². The quantitative estimate of drug-likeness (QED) is 0.696. The lowest BCUT2D eigenvalue weighted by molar-refractivity contribution is 0.0221. The summed E-state index contributed by atoms with van der Waals surface area (Å²) in [7, 11) is 0. The molecule has 0 saturated carbocycles. The summed E-state index contributed by atoms with van der Waals surface area (Å²) < 4.78 is 5.49. The van der Waals surface area contributed by atoms with Gasteiger partial charge in [-0.25, -0.2) is 4.79 Å². The van der Waals surface area contributed by atoms with Crippen molar-refractivity contribution in [1.29, 1.82) is 0 Å². The lowest BCUT2D eigenvalue weighted by atomic mass is 10.1. The maximum absolute atomic E-state index is 12.2. The molecule has 1 aliphatic rings. The number of hydrogen-bond acceptors (Lipinski definition) is 4.